The molecule has 2 rings (SSSR count). The molecule has 0 aliphatic rings. The molecule has 5 heteroatoms. The molecule has 0 amide bonds. The van der Waals surface area contributed by atoms with E-state index in [0.29, 0.717) is 34.7 Å². The molecular weight excluding hydrogens is 284 g/mol. The van der Waals surface area contributed by atoms with Gasteiger partial charge < -0.3 is 14.2 Å². The first kappa shape index (κ1) is 15.6. The van der Waals surface area contributed by atoms with Gasteiger partial charge in [0.05, 0.1) is 19.8 Å². The summed E-state index contributed by atoms with van der Waals surface area (Å²) >= 11 is 0. The van der Waals surface area contributed by atoms with E-state index in [0.717, 1.165) is 11.8 Å². The van der Waals surface area contributed by atoms with Crippen molar-refractivity contribution in [3.63, 3.8) is 0 Å². The van der Waals surface area contributed by atoms with Gasteiger partial charge in [-0.15, -0.1) is 0 Å². The lowest BCUT2D eigenvalue weighted by Crippen LogP contribution is -2.02. The predicted octanol–water partition coefficient (Wildman–Crippen LogP) is 2.91. The van der Waals surface area contributed by atoms with Crippen molar-refractivity contribution < 1.29 is 23.8 Å². The van der Waals surface area contributed by atoms with Gasteiger partial charge in [-0.05, 0) is 36.4 Å². The fourth-order valence-electron chi connectivity index (χ4n) is 2.02. The van der Waals surface area contributed by atoms with Gasteiger partial charge in [0.15, 0.2) is 6.29 Å². The lowest BCUT2D eigenvalue weighted by molar-refractivity contribution is 0.111. The number of benzene rings is 2. The summed E-state index contributed by atoms with van der Waals surface area (Å²) in [6, 6.07) is 10.0. The van der Waals surface area contributed by atoms with Crippen molar-refractivity contribution in [2.24, 2.45) is 0 Å². The maximum atomic E-state index is 11.1. The Bertz CT molecular complexity index is 679. The first-order valence-corrected chi connectivity index (χ1v) is 6.60. The fourth-order valence-corrected chi connectivity index (χ4v) is 2.02. The van der Waals surface area contributed by atoms with Crippen LogP contribution in [0, 0.1) is 0 Å². The summed E-state index contributed by atoms with van der Waals surface area (Å²) in [5.41, 5.74) is 1.65. The molecule has 0 aliphatic heterocycles. The van der Waals surface area contributed by atoms with Crippen LogP contribution in [0.1, 0.15) is 26.3 Å². The predicted molar refractivity (Wildman–Crippen MR) is 81.1 cm³/mol. The number of carbonyl (C=O) groups excluding carboxylic acids is 2. The molecule has 0 spiro atoms. The second kappa shape index (κ2) is 7.26. The zero-order chi connectivity index (χ0) is 15.9. The molecule has 0 saturated heterocycles. The Balaban J connectivity index is 2.22. The van der Waals surface area contributed by atoms with Crippen LogP contribution in [-0.2, 0) is 6.61 Å². The molecule has 2 aromatic rings. The lowest BCUT2D eigenvalue weighted by atomic mass is 10.1. The van der Waals surface area contributed by atoms with Crippen molar-refractivity contribution in [3.8, 4) is 17.2 Å². The molecule has 0 aromatic heterocycles. The van der Waals surface area contributed by atoms with Crippen LogP contribution in [0.3, 0.4) is 0 Å². The van der Waals surface area contributed by atoms with Crippen LogP contribution in [0.25, 0.3) is 0 Å². The van der Waals surface area contributed by atoms with Crippen molar-refractivity contribution >= 4 is 12.6 Å². The Kier molecular flexibility index (Phi) is 5.14. The molecule has 0 aliphatic carbocycles. The van der Waals surface area contributed by atoms with E-state index in [1.54, 1.807) is 43.5 Å². The Morgan fingerprint density at radius 3 is 2.32 bits per heavy atom. The first-order valence-electron chi connectivity index (χ1n) is 6.60. The smallest absolute Gasteiger partial charge is 0.153 e. The maximum Gasteiger partial charge on any atom is 0.153 e. The van der Waals surface area contributed by atoms with Gasteiger partial charge in [-0.3, -0.25) is 9.59 Å². The summed E-state index contributed by atoms with van der Waals surface area (Å²) in [4.78, 5) is 22.0. The molecule has 0 unspecified atom stereocenters. The van der Waals surface area contributed by atoms with E-state index in [-0.39, 0.29) is 6.61 Å². The Labute approximate surface area is 128 Å². The lowest BCUT2D eigenvalue weighted by Gasteiger charge is -2.12. The van der Waals surface area contributed by atoms with Crippen LogP contribution in [0.2, 0.25) is 0 Å². The number of rotatable bonds is 7. The highest BCUT2D eigenvalue weighted by Gasteiger charge is 2.09. The highest BCUT2D eigenvalue weighted by Crippen LogP contribution is 2.26. The van der Waals surface area contributed by atoms with Crippen LogP contribution in [-0.4, -0.2) is 26.8 Å². The van der Waals surface area contributed by atoms with Crippen LogP contribution in [0.5, 0.6) is 17.2 Å². The van der Waals surface area contributed by atoms with Crippen LogP contribution >= 0.6 is 0 Å². The van der Waals surface area contributed by atoms with Gasteiger partial charge >= 0.3 is 0 Å². The summed E-state index contributed by atoms with van der Waals surface area (Å²) in [7, 11) is 3.07. The number of ether oxygens (including phenoxy) is 3. The second-order valence-corrected chi connectivity index (χ2v) is 4.50. The minimum atomic E-state index is 0.179. The third kappa shape index (κ3) is 3.44. The quantitative estimate of drug-likeness (QED) is 0.736. The van der Waals surface area contributed by atoms with E-state index in [1.165, 1.54) is 7.11 Å². The van der Waals surface area contributed by atoms with E-state index in [2.05, 4.69) is 0 Å². The molecule has 114 valence electrons. The van der Waals surface area contributed by atoms with Crippen molar-refractivity contribution in [2.45, 2.75) is 6.61 Å². The highest BCUT2D eigenvalue weighted by atomic mass is 16.5. The van der Waals surface area contributed by atoms with Gasteiger partial charge in [-0.25, -0.2) is 0 Å². The minimum Gasteiger partial charge on any atom is -0.497 e. The molecular formula is C17H16O5. The average Bonchev–Trinajstić information content (AvgIpc) is 2.59. The van der Waals surface area contributed by atoms with Crippen LogP contribution < -0.4 is 14.2 Å². The Morgan fingerprint density at radius 2 is 1.68 bits per heavy atom. The summed E-state index contributed by atoms with van der Waals surface area (Å²) in [5.74, 6) is 1.64. The zero-order valence-electron chi connectivity index (χ0n) is 12.4. The third-order valence-corrected chi connectivity index (χ3v) is 3.17. The van der Waals surface area contributed by atoms with Crippen molar-refractivity contribution in [1.82, 2.24) is 0 Å². The van der Waals surface area contributed by atoms with Gasteiger partial charge in [-0.1, -0.05) is 0 Å². The monoisotopic (exact) mass is 300 g/mol. The maximum absolute atomic E-state index is 11.1. The van der Waals surface area contributed by atoms with Crippen molar-refractivity contribution in [3.05, 3.63) is 53.1 Å². The standard InChI is InChI=1S/C17H16O5/c1-20-15-4-6-17(13(8-15)10-19)22-11-14-7-12(9-18)3-5-16(14)21-2/h3-10H,11H2,1-2H3. The van der Waals surface area contributed by atoms with Gasteiger partial charge in [0.1, 0.15) is 30.1 Å². The molecule has 5 nitrogen and oxygen atoms in total. The number of aldehydes is 2. The summed E-state index contributed by atoms with van der Waals surface area (Å²) < 4.78 is 16.0. The summed E-state index contributed by atoms with van der Waals surface area (Å²) in [5, 5.41) is 0. The molecule has 0 bridgehead atoms. The summed E-state index contributed by atoms with van der Waals surface area (Å²) in [6.07, 6.45) is 1.46. The second-order valence-electron chi connectivity index (χ2n) is 4.50. The van der Waals surface area contributed by atoms with E-state index in [1.807, 2.05) is 0 Å². The van der Waals surface area contributed by atoms with Crippen LogP contribution in [0.4, 0.5) is 0 Å². The SMILES string of the molecule is COc1ccc(OCc2cc(C=O)ccc2OC)c(C=O)c1. The number of hydrogen-bond acceptors (Lipinski definition) is 5. The molecule has 0 heterocycles. The van der Waals surface area contributed by atoms with Gasteiger partial charge in [0.25, 0.3) is 0 Å². The number of methoxy groups -OCH3 is 2. The Hall–Kier alpha value is -2.82. The molecule has 0 radical (unpaired) electrons. The van der Waals surface area contributed by atoms with Crippen molar-refractivity contribution in [2.75, 3.05) is 14.2 Å². The highest BCUT2D eigenvalue weighted by molar-refractivity contribution is 5.80. The largest absolute Gasteiger partial charge is 0.497 e. The van der Waals surface area contributed by atoms with Gasteiger partial charge in [0, 0.05) is 11.1 Å². The van der Waals surface area contributed by atoms with E-state index >= 15 is 0 Å². The average molecular weight is 300 g/mol. The molecule has 0 N–H and O–H groups in total. The number of carbonyl (C=O) groups is 2. The third-order valence-electron chi connectivity index (χ3n) is 3.17. The summed E-state index contributed by atoms with van der Waals surface area (Å²) in [6.45, 7) is 0.179. The van der Waals surface area contributed by atoms with Gasteiger partial charge in [-0.2, -0.15) is 0 Å². The zero-order valence-corrected chi connectivity index (χ0v) is 12.4. The van der Waals surface area contributed by atoms with E-state index in [4.69, 9.17) is 14.2 Å². The van der Waals surface area contributed by atoms with E-state index in [9.17, 15) is 9.59 Å². The molecule has 0 fully saturated rings. The first-order chi connectivity index (χ1) is 10.7. The Morgan fingerprint density at radius 1 is 0.909 bits per heavy atom. The molecule has 22 heavy (non-hydrogen) atoms. The minimum absolute atomic E-state index is 0.179. The molecule has 0 atom stereocenters. The van der Waals surface area contributed by atoms with Crippen molar-refractivity contribution in [1.29, 1.82) is 0 Å². The normalized spacial score (nSPS) is 9.91. The number of hydrogen-bond donors (Lipinski definition) is 0. The molecule has 0 saturated carbocycles. The molecule has 2 aromatic carbocycles. The van der Waals surface area contributed by atoms with E-state index < -0.39 is 0 Å². The fraction of sp³-hybridized carbons (Fsp3) is 0.176. The topological polar surface area (TPSA) is 61.8 Å². The van der Waals surface area contributed by atoms with Gasteiger partial charge in [0.2, 0.25) is 0 Å². The van der Waals surface area contributed by atoms with Crippen LogP contribution in [0.15, 0.2) is 36.4 Å².